The van der Waals surface area contributed by atoms with Gasteiger partial charge in [0.2, 0.25) is 0 Å². The second-order valence-electron chi connectivity index (χ2n) is 4.55. The molecule has 0 aliphatic carbocycles. The fraction of sp³-hybridized carbons (Fsp3) is 0.364. The lowest BCUT2D eigenvalue weighted by molar-refractivity contribution is 0.251. The van der Waals surface area contributed by atoms with Crippen LogP contribution in [-0.2, 0) is 9.84 Å². The van der Waals surface area contributed by atoms with E-state index in [9.17, 15) is 13.2 Å². The van der Waals surface area contributed by atoms with E-state index in [1.54, 1.807) is 24.3 Å². The fourth-order valence-electron chi connectivity index (χ4n) is 2.53. The van der Waals surface area contributed by atoms with Crippen LogP contribution >= 0.6 is 11.6 Å². The van der Waals surface area contributed by atoms with E-state index in [4.69, 9.17) is 11.6 Å². The van der Waals surface area contributed by atoms with Crippen LogP contribution < -0.4 is 10.2 Å². The molecule has 5 nitrogen and oxygen atoms in total. The molecule has 2 heterocycles. The van der Waals surface area contributed by atoms with Gasteiger partial charge in [-0.3, -0.25) is 4.90 Å². The van der Waals surface area contributed by atoms with Gasteiger partial charge in [0.1, 0.15) is 0 Å². The van der Waals surface area contributed by atoms with E-state index in [1.165, 1.54) is 4.90 Å². The lowest BCUT2D eigenvalue weighted by Gasteiger charge is -2.21. The predicted octanol–water partition coefficient (Wildman–Crippen LogP) is 1.04. The fourth-order valence-corrected chi connectivity index (χ4v) is 4.61. The first-order valence-corrected chi connectivity index (χ1v) is 7.72. The number of amides is 2. The van der Waals surface area contributed by atoms with E-state index < -0.39 is 9.84 Å². The first-order chi connectivity index (χ1) is 8.46. The van der Waals surface area contributed by atoms with Gasteiger partial charge in [-0.25, -0.2) is 13.2 Å². The summed E-state index contributed by atoms with van der Waals surface area (Å²) in [5.41, 5.74) is 0.629. The van der Waals surface area contributed by atoms with Crippen molar-refractivity contribution >= 4 is 33.2 Å². The summed E-state index contributed by atoms with van der Waals surface area (Å²) >= 11 is 5.89. The highest BCUT2D eigenvalue weighted by Gasteiger charge is 2.49. The Labute approximate surface area is 110 Å². The molecule has 18 heavy (non-hydrogen) atoms. The molecule has 0 spiro atoms. The van der Waals surface area contributed by atoms with Crippen LogP contribution in [0.3, 0.4) is 0 Å². The Morgan fingerprint density at radius 1 is 1.33 bits per heavy atom. The zero-order valence-corrected chi connectivity index (χ0v) is 10.9. The van der Waals surface area contributed by atoms with Crippen molar-refractivity contribution in [2.75, 3.05) is 16.4 Å². The minimum absolute atomic E-state index is 0.00290. The number of rotatable bonds is 1. The number of anilines is 1. The van der Waals surface area contributed by atoms with Crippen molar-refractivity contribution in [3.63, 3.8) is 0 Å². The Balaban J connectivity index is 1.99. The van der Waals surface area contributed by atoms with Crippen molar-refractivity contribution in [2.24, 2.45) is 0 Å². The van der Waals surface area contributed by atoms with E-state index >= 15 is 0 Å². The first kappa shape index (κ1) is 11.8. The van der Waals surface area contributed by atoms with Crippen molar-refractivity contribution < 1.29 is 13.2 Å². The Kier molecular flexibility index (Phi) is 2.53. The van der Waals surface area contributed by atoms with Crippen LogP contribution in [-0.4, -0.2) is 38.0 Å². The number of sulfone groups is 1. The Morgan fingerprint density at radius 3 is 2.83 bits per heavy atom. The standard InChI is InChI=1S/C11H11ClN2O3S/c12-7-2-1-3-8(4-7)14-10-6-18(16,17)5-9(10)13-11(14)15/h1-4,9-10H,5-6H2,(H,13,15). The van der Waals surface area contributed by atoms with E-state index in [2.05, 4.69) is 5.32 Å². The van der Waals surface area contributed by atoms with E-state index in [-0.39, 0.29) is 29.6 Å². The van der Waals surface area contributed by atoms with E-state index in [1.807, 2.05) is 0 Å². The van der Waals surface area contributed by atoms with Gasteiger partial charge in [0.25, 0.3) is 0 Å². The molecule has 0 saturated carbocycles. The largest absolute Gasteiger partial charge is 0.332 e. The highest BCUT2D eigenvalue weighted by molar-refractivity contribution is 7.91. The zero-order chi connectivity index (χ0) is 12.9. The van der Waals surface area contributed by atoms with Gasteiger partial charge in [-0.1, -0.05) is 17.7 Å². The molecule has 1 N–H and O–H groups in total. The van der Waals surface area contributed by atoms with Crippen molar-refractivity contribution in [1.82, 2.24) is 5.32 Å². The SMILES string of the molecule is O=C1NC2CS(=O)(=O)CC2N1c1cccc(Cl)c1. The van der Waals surface area contributed by atoms with Gasteiger partial charge in [-0.05, 0) is 18.2 Å². The number of carbonyl (C=O) groups excluding carboxylic acids is 1. The molecule has 1 aromatic rings. The van der Waals surface area contributed by atoms with Crippen LogP contribution in [0.2, 0.25) is 5.02 Å². The summed E-state index contributed by atoms with van der Waals surface area (Å²) in [5.74, 6) is 0.0173. The van der Waals surface area contributed by atoms with Gasteiger partial charge in [0.15, 0.2) is 9.84 Å². The van der Waals surface area contributed by atoms with Crippen molar-refractivity contribution in [2.45, 2.75) is 12.1 Å². The van der Waals surface area contributed by atoms with Gasteiger partial charge in [-0.2, -0.15) is 0 Å². The molecule has 2 aliphatic heterocycles. The minimum Gasteiger partial charge on any atom is -0.332 e. The van der Waals surface area contributed by atoms with E-state index in [0.29, 0.717) is 10.7 Å². The number of hydrogen-bond acceptors (Lipinski definition) is 3. The monoisotopic (exact) mass is 286 g/mol. The second-order valence-corrected chi connectivity index (χ2v) is 7.14. The van der Waals surface area contributed by atoms with Gasteiger partial charge in [-0.15, -0.1) is 0 Å². The summed E-state index contributed by atoms with van der Waals surface area (Å²) in [4.78, 5) is 13.4. The van der Waals surface area contributed by atoms with Gasteiger partial charge < -0.3 is 5.32 Å². The molecule has 0 radical (unpaired) electrons. The quantitative estimate of drug-likeness (QED) is 0.784. The molecule has 2 saturated heterocycles. The predicted molar refractivity (Wildman–Crippen MR) is 68.7 cm³/mol. The number of halogens is 1. The molecular formula is C11H11ClN2O3S. The molecule has 1 aromatic carbocycles. The third-order valence-electron chi connectivity index (χ3n) is 3.27. The number of nitrogens with one attached hydrogen (secondary N) is 1. The molecule has 3 rings (SSSR count). The summed E-state index contributed by atoms with van der Waals surface area (Å²) in [6.45, 7) is 0. The average Bonchev–Trinajstić information content (AvgIpc) is 2.68. The average molecular weight is 287 g/mol. The lowest BCUT2D eigenvalue weighted by atomic mass is 10.1. The number of hydrogen-bond donors (Lipinski definition) is 1. The van der Waals surface area contributed by atoms with Crippen LogP contribution in [0.1, 0.15) is 0 Å². The molecule has 0 bridgehead atoms. The van der Waals surface area contributed by atoms with E-state index in [0.717, 1.165) is 0 Å². The second kappa shape index (κ2) is 3.86. The molecular weight excluding hydrogens is 276 g/mol. The third-order valence-corrected chi connectivity index (χ3v) is 5.22. The summed E-state index contributed by atoms with van der Waals surface area (Å²) in [7, 11) is -3.07. The number of fused-ring (bicyclic) bond motifs is 1. The molecule has 0 aromatic heterocycles. The highest BCUT2D eigenvalue weighted by Crippen LogP contribution is 2.30. The lowest BCUT2D eigenvalue weighted by Crippen LogP contribution is -2.36. The third kappa shape index (κ3) is 1.85. The Morgan fingerprint density at radius 2 is 2.11 bits per heavy atom. The number of nitrogens with zero attached hydrogens (tertiary/aromatic N) is 1. The van der Waals surface area contributed by atoms with Crippen LogP contribution in [0.15, 0.2) is 24.3 Å². The summed E-state index contributed by atoms with van der Waals surface area (Å²) < 4.78 is 23.2. The molecule has 2 atom stereocenters. The summed E-state index contributed by atoms with van der Waals surface area (Å²) in [6.07, 6.45) is 0. The highest BCUT2D eigenvalue weighted by atomic mass is 35.5. The van der Waals surface area contributed by atoms with Gasteiger partial charge in [0.05, 0.1) is 23.6 Å². The number of benzene rings is 1. The maximum Gasteiger partial charge on any atom is 0.322 e. The molecule has 2 aliphatic rings. The molecule has 2 amide bonds. The van der Waals surface area contributed by atoms with Gasteiger partial charge >= 0.3 is 6.03 Å². The molecule has 2 fully saturated rings. The zero-order valence-electron chi connectivity index (χ0n) is 9.34. The minimum atomic E-state index is -3.07. The van der Waals surface area contributed by atoms with Crippen molar-refractivity contribution in [3.05, 3.63) is 29.3 Å². The van der Waals surface area contributed by atoms with Crippen LogP contribution in [0, 0.1) is 0 Å². The molecule has 7 heteroatoms. The maximum absolute atomic E-state index is 11.9. The van der Waals surface area contributed by atoms with Crippen LogP contribution in [0.5, 0.6) is 0 Å². The number of carbonyl (C=O) groups is 1. The smallest absolute Gasteiger partial charge is 0.322 e. The normalized spacial score (nSPS) is 29.2. The van der Waals surface area contributed by atoms with Crippen molar-refractivity contribution in [3.8, 4) is 0 Å². The van der Waals surface area contributed by atoms with Crippen LogP contribution in [0.4, 0.5) is 10.5 Å². The van der Waals surface area contributed by atoms with Crippen molar-refractivity contribution in [1.29, 1.82) is 0 Å². The maximum atomic E-state index is 11.9. The van der Waals surface area contributed by atoms with Crippen LogP contribution in [0.25, 0.3) is 0 Å². The Bertz CT molecular complexity index is 616. The Hall–Kier alpha value is -1.27. The first-order valence-electron chi connectivity index (χ1n) is 5.52. The van der Waals surface area contributed by atoms with Gasteiger partial charge in [0, 0.05) is 10.7 Å². The number of urea groups is 1. The topological polar surface area (TPSA) is 66.5 Å². The molecule has 2 unspecified atom stereocenters. The summed E-state index contributed by atoms with van der Waals surface area (Å²) in [6, 6.07) is 5.95. The summed E-state index contributed by atoms with van der Waals surface area (Å²) in [5, 5.41) is 3.22. The molecule has 96 valence electrons.